The van der Waals surface area contributed by atoms with E-state index in [2.05, 4.69) is 0 Å². The van der Waals surface area contributed by atoms with Gasteiger partial charge in [-0.1, -0.05) is 18.2 Å². The molecule has 1 atom stereocenters. The number of hydrogen-bond donors (Lipinski definition) is 4. The molecule has 2 aromatic carbocycles. The minimum Gasteiger partial charge on any atom is -0.508 e. The molecule has 4 N–H and O–H groups in total. The number of aliphatic hydroxyl groups is 1. The second kappa shape index (κ2) is 5.63. The summed E-state index contributed by atoms with van der Waals surface area (Å²) in [6, 6.07) is 11.0. The quantitative estimate of drug-likeness (QED) is 0.679. The van der Waals surface area contributed by atoms with E-state index in [1.807, 2.05) is 0 Å². The van der Waals surface area contributed by atoms with E-state index in [1.165, 1.54) is 12.1 Å². The fourth-order valence-electron chi connectivity index (χ4n) is 2.02. The van der Waals surface area contributed by atoms with Gasteiger partial charge in [-0.2, -0.15) is 0 Å². The van der Waals surface area contributed by atoms with E-state index in [-0.39, 0.29) is 29.8 Å². The van der Waals surface area contributed by atoms with E-state index in [4.69, 9.17) is 0 Å². The minimum atomic E-state index is -0.170. The summed E-state index contributed by atoms with van der Waals surface area (Å²) in [6.45, 7) is -0.0644. The molecule has 4 nitrogen and oxygen atoms in total. The van der Waals surface area contributed by atoms with Gasteiger partial charge in [0.2, 0.25) is 0 Å². The van der Waals surface area contributed by atoms with E-state index in [0.717, 1.165) is 5.56 Å². The average molecular weight is 260 g/mol. The van der Waals surface area contributed by atoms with Crippen molar-refractivity contribution in [3.63, 3.8) is 0 Å². The van der Waals surface area contributed by atoms with Crippen LogP contribution >= 0.6 is 0 Å². The molecule has 0 saturated carbocycles. The number of benzene rings is 2. The van der Waals surface area contributed by atoms with E-state index < -0.39 is 0 Å². The standard InChI is InChI=1S/C15H16O4/c16-9-12(10-1-4-13(17)5-2-10)7-11-3-6-14(18)8-15(11)19/h1-6,8,12,16-19H,7,9H2/t12-/m1/s1. The Morgan fingerprint density at radius 3 is 2.05 bits per heavy atom. The van der Waals surface area contributed by atoms with Crippen molar-refractivity contribution in [3.05, 3.63) is 53.6 Å². The Labute approximate surface area is 111 Å². The van der Waals surface area contributed by atoms with Gasteiger partial charge in [0.1, 0.15) is 17.2 Å². The molecule has 0 aliphatic heterocycles. The number of aromatic hydroxyl groups is 3. The molecular weight excluding hydrogens is 244 g/mol. The third-order valence-electron chi connectivity index (χ3n) is 3.12. The molecular formula is C15H16O4. The van der Waals surface area contributed by atoms with Crippen LogP contribution in [0.25, 0.3) is 0 Å². The molecule has 0 aliphatic carbocycles. The van der Waals surface area contributed by atoms with Gasteiger partial charge in [0.25, 0.3) is 0 Å². The van der Waals surface area contributed by atoms with Gasteiger partial charge in [-0.15, -0.1) is 0 Å². The summed E-state index contributed by atoms with van der Waals surface area (Å²) in [5, 5.41) is 37.7. The van der Waals surface area contributed by atoms with Crippen LogP contribution < -0.4 is 0 Å². The van der Waals surface area contributed by atoms with Crippen LogP contribution in [0.15, 0.2) is 42.5 Å². The molecule has 2 rings (SSSR count). The summed E-state index contributed by atoms with van der Waals surface area (Å²) in [7, 11) is 0. The lowest BCUT2D eigenvalue weighted by Crippen LogP contribution is -2.07. The molecule has 100 valence electrons. The smallest absolute Gasteiger partial charge is 0.122 e. The number of aliphatic hydroxyl groups excluding tert-OH is 1. The second-order valence-corrected chi connectivity index (χ2v) is 4.49. The van der Waals surface area contributed by atoms with Gasteiger partial charge in [-0.05, 0) is 35.7 Å². The third-order valence-corrected chi connectivity index (χ3v) is 3.12. The van der Waals surface area contributed by atoms with E-state index in [0.29, 0.717) is 12.0 Å². The molecule has 4 heteroatoms. The fraction of sp³-hybridized carbons (Fsp3) is 0.200. The van der Waals surface area contributed by atoms with Crippen LogP contribution in [0.2, 0.25) is 0 Å². The lowest BCUT2D eigenvalue weighted by Gasteiger charge is -2.15. The average Bonchev–Trinajstić information content (AvgIpc) is 2.39. The molecule has 0 aliphatic rings. The van der Waals surface area contributed by atoms with E-state index in [9.17, 15) is 20.4 Å². The highest BCUT2D eigenvalue weighted by Crippen LogP contribution is 2.29. The lowest BCUT2D eigenvalue weighted by atomic mass is 9.92. The number of phenols is 3. The number of rotatable bonds is 4. The topological polar surface area (TPSA) is 80.9 Å². The van der Waals surface area contributed by atoms with Gasteiger partial charge in [0.05, 0.1) is 6.61 Å². The van der Waals surface area contributed by atoms with Crippen LogP contribution in [0.1, 0.15) is 17.0 Å². The maximum absolute atomic E-state index is 9.75. The van der Waals surface area contributed by atoms with Crippen molar-refractivity contribution in [3.8, 4) is 17.2 Å². The predicted molar refractivity (Wildman–Crippen MR) is 71.4 cm³/mol. The Kier molecular flexibility index (Phi) is 3.92. The van der Waals surface area contributed by atoms with Crippen molar-refractivity contribution in [2.24, 2.45) is 0 Å². The van der Waals surface area contributed by atoms with Gasteiger partial charge < -0.3 is 20.4 Å². The van der Waals surface area contributed by atoms with Crippen LogP contribution in [0.4, 0.5) is 0 Å². The van der Waals surface area contributed by atoms with Crippen molar-refractivity contribution in [2.75, 3.05) is 6.61 Å². The van der Waals surface area contributed by atoms with Crippen LogP contribution in [0.3, 0.4) is 0 Å². The van der Waals surface area contributed by atoms with E-state index >= 15 is 0 Å². The zero-order valence-corrected chi connectivity index (χ0v) is 10.3. The number of hydrogen-bond acceptors (Lipinski definition) is 4. The third kappa shape index (κ3) is 3.17. The summed E-state index contributed by atoms with van der Waals surface area (Å²) in [5.74, 6) is 0.0209. The summed E-state index contributed by atoms with van der Waals surface area (Å²) in [6.07, 6.45) is 0.452. The Morgan fingerprint density at radius 2 is 1.47 bits per heavy atom. The maximum atomic E-state index is 9.75. The molecule has 0 unspecified atom stereocenters. The summed E-state index contributed by atoms with van der Waals surface area (Å²) in [4.78, 5) is 0. The van der Waals surface area contributed by atoms with Gasteiger partial charge in [0.15, 0.2) is 0 Å². The van der Waals surface area contributed by atoms with Gasteiger partial charge >= 0.3 is 0 Å². The molecule has 0 radical (unpaired) electrons. The fourth-order valence-corrected chi connectivity index (χ4v) is 2.02. The Hall–Kier alpha value is -2.20. The number of phenolic OH excluding ortho intramolecular Hbond substituents is 3. The molecule has 19 heavy (non-hydrogen) atoms. The lowest BCUT2D eigenvalue weighted by molar-refractivity contribution is 0.263. The highest BCUT2D eigenvalue weighted by atomic mass is 16.3. The molecule has 0 fully saturated rings. The normalized spacial score (nSPS) is 12.3. The molecule has 0 amide bonds. The first-order valence-electron chi connectivity index (χ1n) is 6.01. The van der Waals surface area contributed by atoms with Crippen LogP contribution in [0.5, 0.6) is 17.2 Å². The zero-order valence-electron chi connectivity index (χ0n) is 10.3. The van der Waals surface area contributed by atoms with Crippen LogP contribution in [0, 0.1) is 0 Å². The predicted octanol–water partition coefficient (Wildman–Crippen LogP) is 2.12. The second-order valence-electron chi connectivity index (χ2n) is 4.49. The maximum Gasteiger partial charge on any atom is 0.122 e. The van der Waals surface area contributed by atoms with Crippen molar-refractivity contribution in [2.45, 2.75) is 12.3 Å². The van der Waals surface area contributed by atoms with E-state index in [1.54, 1.807) is 30.3 Å². The van der Waals surface area contributed by atoms with Crippen molar-refractivity contribution < 1.29 is 20.4 Å². The minimum absolute atomic E-state index is 0.00596. The Bertz CT molecular complexity index is 549. The summed E-state index contributed by atoms with van der Waals surface area (Å²) in [5.41, 5.74) is 1.54. The first-order chi connectivity index (χ1) is 9.10. The zero-order chi connectivity index (χ0) is 13.8. The van der Waals surface area contributed by atoms with Gasteiger partial charge in [-0.3, -0.25) is 0 Å². The van der Waals surface area contributed by atoms with Crippen molar-refractivity contribution in [1.29, 1.82) is 0 Å². The monoisotopic (exact) mass is 260 g/mol. The Morgan fingerprint density at radius 1 is 0.842 bits per heavy atom. The van der Waals surface area contributed by atoms with Gasteiger partial charge in [-0.25, -0.2) is 0 Å². The molecule has 0 bridgehead atoms. The Balaban J connectivity index is 2.21. The summed E-state index contributed by atoms with van der Waals surface area (Å²) < 4.78 is 0. The first-order valence-corrected chi connectivity index (χ1v) is 6.01. The highest BCUT2D eigenvalue weighted by Gasteiger charge is 2.14. The molecule has 0 aromatic heterocycles. The molecule has 0 spiro atoms. The largest absolute Gasteiger partial charge is 0.508 e. The summed E-state index contributed by atoms with van der Waals surface area (Å²) >= 11 is 0. The molecule has 0 saturated heterocycles. The molecule has 2 aromatic rings. The van der Waals surface area contributed by atoms with Crippen LogP contribution in [-0.2, 0) is 6.42 Å². The van der Waals surface area contributed by atoms with Crippen LogP contribution in [-0.4, -0.2) is 27.0 Å². The SMILES string of the molecule is OC[C@@H](Cc1ccc(O)cc1O)c1ccc(O)cc1. The molecule has 0 heterocycles. The van der Waals surface area contributed by atoms with Gasteiger partial charge in [0, 0.05) is 12.0 Å². The van der Waals surface area contributed by atoms with Crippen molar-refractivity contribution >= 4 is 0 Å². The first kappa shape index (κ1) is 13.2. The van der Waals surface area contributed by atoms with Crippen molar-refractivity contribution in [1.82, 2.24) is 0 Å². The highest BCUT2D eigenvalue weighted by molar-refractivity contribution is 5.40.